The van der Waals surface area contributed by atoms with Crippen LogP contribution >= 0.6 is 0 Å². The van der Waals surface area contributed by atoms with Crippen molar-refractivity contribution >= 4 is 22.5 Å². The van der Waals surface area contributed by atoms with Crippen LogP contribution < -0.4 is 10.6 Å². The van der Waals surface area contributed by atoms with E-state index in [0.717, 1.165) is 17.6 Å². The fraction of sp³-hybridized carbons (Fsp3) is 0.417. The van der Waals surface area contributed by atoms with E-state index in [2.05, 4.69) is 32.7 Å². The Kier molecular flexibility index (Phi) is 5.06. The average Bonchev–Trinajstić information content (AvgIpc) is 3.14. The molecule has 1 fully saturated rings. The molecule has 0 spiro atoms. The van der Waals surface area contributed by atoms with Crippen molar-refractivity contribution in [1.82, 2.24) is 15.3 Å². The molecule has 1 unspecified atom stereocenters. The number of pyridine rings is 1. The van der Waals surface area contributed by atoms with E-state index in [4.69, 9.17) is 0 Å². The number of amides is 1. The van der Waals surface area contributed by atoms with E-state index in [-0.39, 0.29) is 5.91 Å². The van der Waals surface area contributed by atoms with Gasteiger partial charge in [0.15, 0.2) is 0 Å². The van der Waals surface area contributed by atoms with Crippen molar-refractivity contribution in [2.45, 2.75) is 63.5 Å². The molecular formula is C24H28N4O. The number of aromatic amines is 1. The molecular weight excluding hydrogens is 360 g/mol. The first-order valence-corrected chi connectivity index (χ1v) is 10.9. The second kappa shape index (κ2) is 7.99. The highest BCUT2D eigenvalue weighted by atomic mass is 16.1. The van der Waals surface area contributed by atoms with Gasteiger partial charge in [0.25, 0.3) is 5.91 Å². The number of fused-ring (bicyclic) bond motifs is 3. The Morgan fingerprint density at radius 2 is 1.97 bits per heavy atom. The number of carbonyl (C=O) groups is 1. The molecule has 0 saturated heterocycles. The third-order valence-electron chi connectivity index (χ3n) is 6.43. The van der Waals surface area contributed by atoms with Crippen molar-refractivity contribution in [2.24, 2.45) is 0 Å². The molecule has 2 heterocycles. The molecule has 5 rings (SSSR count). The van der Waals surface area contributed by atoms with Gasteiger partial charge in [-0.3, -0.25) is 9.78 Å². The summed E-state index contributed by atoms with van der Waals surface area (Å²) in [5, 5.41) is 8.19. The Bertz CT molecular complexity index is 1000. The first-order chi connectivity index (χ1) is 14.3. The monoisotopic (exact) mass is 388 g/mol. The number of aryl methyl sites for hydroxylation is 1. The second-order valence-electron chi connectivity index (χ2n) is 8.42. The smallest absolute Gasteiger partial charge is 0.257 e. The van der Waals surface area contributed by atoms with E-state index in [0.29, 0.717) is 17.6 Å². The number of anilines is 1. The van der Waals surface area contributed by atoms with Gasteiger partial charge in [-0.1, -0.05) is 19.3 Å². The molecule has 1 aromatic carbocycles. The van der Waals surface area contributed by atoms with Crippen LogP contribution in [0.5, 0.6) is 0 Å². The quantitative estimate of drug-likeness (QED) is 0.581. The number of hydrogen-bond donors (Lipinski definition) is 3. The lowest BCUT2D eigenvalue weighted by Gasteiger charge is -2.31. The lowest BCUT2D eigenvalue weighted by Crippen LogP contribution is -2.36. The van der Waals surface area contributed by atoms with Crippen molar-refractivity contribution in [3.63, 3.8) is 0 Å². The minimum atomic E-state index is -0.126. The van der Waals surface area contributed by atoms with Crippen LogP contribution in [0.3, 0.4) is 0 Å². The molecule has 1 atom stereocenters. The molecule has 2 aliphatic rings. The number of H-pyrrole nitrogens is 1. The predicted molar refractivity (Wildman–Crippen MR) is 116 cm³/mol. The normalized spacial score (nSPS) is 19.8. The number of rotatable bonds is 4. The summed E-state index contributed by atoms with van der Waals surface area (Å²) in [5.74, 6) is -0.126. The third-order valence-corrected chi connectivity index (χ3v) is 6.43. The van der Waals surface area contributed by atoms with Gasteiger partial charge < -0.3 is 15.6 Å². The summed E-state index contributed by atoms with van der Waals surface area (Å²) in [6.45, 7) is 0. The molecule has 1 amide bonds. The van der Waals surface area contributed by atoms with Crippen LogP contribution in [0.25, 0.3) is 10.9 Å². The summed E-state index contributed by atoms with van der Waals surface area (Å²) < 4.78 is 0. The first-order valence-electron chi connectivity index (χ1n) is 10.9. The summed E-state index contributed by atoms with van der Waals surface area (Å²) in [6, 6.07) is 10.8. The summed E-state index contributed by atoms with van der Waals surface area (Å²) in [4.78, 5) is 20.2. The van der Waals surface area contributed by atoms with E-state index in [1.165, 1.54) is 61.6 Å². The van der Waals surface area contributed by atoms with E-state index in [1.54, 1.807) is 24.5 Å². The second-order valence-corrected chi connectivity index (χ2v) is 8.42. The SMILES string of the molecule is O=C(Nc1ccc2[nH]c3c(c2c1)CCCC3NC1CCCCC1)c1cccnc1. The van der Waals surface area contributed by atoms with Gasteiger partial charge >= 0.3 is 0 Å². The summed E-state index contributed by atoms with van der Waals surface area (Å²) in [6.07, 6.45) is 13.4. The van der Waals surface area contributed by atoms with Gasteiger partial charge in [0, 0.05) is 46.8 Å². The van der Waals surface area contributed by atoms with Crippen LogP contribution in [0.4, 0.5) is 5.69 Å². The number of benzene rings is 1. The molecule has 150 valence electrons. The fourth-order valence-corrected chi connectivity index (χ4v) is 4.96. The Hall–Kier alpha value is -2.66. The lowest BCUT2D eigenvalue weighted by atomic mass is 9.89. The van der Waals surface area contributed by atoms with Crippen molar-refractivity contribution in [1.29, 1.82) is 0 Å². The Morgan fingerprint density at radius 3 is 2.79 bits per heavy atom. The van der Waals surface area contributed by atoms with E-state index in [1.807, 2.05) is 6.07 Å². The van der Waals surface area contributed by atoms with E-state index < -0.39 is 0 Å². The largest absolute Gasteiger partial charge is 0.357 e. The number of aromatic nitrogens is 2. The van der Waals surface area contributed by atoms with Gasteiger partial charge in [-0.2, -0.15) is 0 Å². The van der Waals surface area contributed by atoms with Crippen molar-refractivity contribution in [3.05, 3.63) is 59.5 Å². The average molecular weight is 389 g/mol. The maximum Gasteiger partial charge on any atom is 0.257 e. The minimum absolute atomic E-state index is 0.126. The zero-order valence-corrected chi connectivity index (χ0v) is 16.7. The van der Waals surface area contributed by atoms with Crippen molar-refractivity contribution in [2.75, 3.05) is 5.32 Å². The fourth-order valence-electron chi connectivity index (χ4n) is 4.96. The minimum Gasteiger partial charge on any atom is -0.357 e. The zero-order valence-electron chi connectivity index (χ0n) is 16.7. The van der Waals surface area contributed by atoms with Gasteiger partial charge in [-0.25, -0.2) is 0 Å². The van der Waals surface area contributed by atoms with Crippen LogP contribution in [0.2, 0.25) is 0 Å². The van der Waals surface area contributed by atoms with Gasteiger partial charge in [-0.15, -0.1) is 0 Å². The van der Waals surface area contributed by atoms with Crippen LogP contribution in [0.15, 0.2) is 42.7 Å². The number of carbonyl (C=O) groups excluding carboxylic acids is 1. The molecule has 2 aliphatic carbocycles. The molecule has 3 N–H and O–H groups in total. The van der Waals surface area contributed by atoms with Gasteiger partial charge in [0.05, 0.1) is 5.56 Å². The molecule has 0 bridgehead atoms. The van der Waals surface area contributed by atoms with Crippen LogP contribution in [-0.2, 0) is 6.42 Å². The molecule has 5 heteroatoms. The highest BCUT2D eigenvalue weighted by Gasteiger charge is 2.27. The molecule has 0 aliphatic heterocycles. The number of nitrogens with zero attached hydrogens (tertiary/aromatic N) is 1. The molecule has 29 heavy (non-hydrogen) atoms. The van der Waals surface area contributed by atoms with Crippen LogP contribution in [-0.4, -0.2) is 21.9 Å². The summed E-state index contributed by atoms with van der Waals surface area (Å²) in [5.41, 5.74) is 5.33. The Balaban J connectivity index is 1.39. The summed E-state index contributed by atoms with van der Waals surface area (Å²) >= 11 is 0. The highest BCUT2D eigenvalue weighted by Crippen LogP contribution is 2.36. The maximum absolute atomic E-state index is 12.5. The molecule has 3 aromatic rings. The Labute approximate surface area is 171 Å². The summed E-state index contributed by atoms with van der Waals surface area (Å²) in [7, 11) is 0. The van der Waals surface area contributed by atoms with E-state index in [9.17, 15) is 4.79 Å². The molecule has 2 aromatic heterocycles. The molecule has 0 radical (unpaired) electrons. The van der Waals surface area contributed by atoms with Crippen LogP contribution in [0.1, 0.15) is 72.6 Å². The van der Waals surface area contributed by atoms with Crippen molar-refractivity contribution < 1.29 is 4.79 Å². The van der Waals surface area contributed by atoms with Gasteiger partial charge in [0.2, 0.25) is 0 Å². The maximum atomic E-state index is 12.5. The van der Waals surface area contributed by atoms with Crippen molar-refractivity contribution in [3.8, 4) is 0 Å². The van der Waals surface area contributed by atoms with Gasteiger partial charge in [-0.05, 0) is 68.0 Å². The topological polar surface area (TPSA) is 69.8 Å². The predicted octanol–water partition coefficient (Wildman–Crippen LogP) is 5.11. The number of hydrogen-bond acceptors (Lipinski definition) is 3. The zero-order chi connectivity index (χ0) is 19.6. The highest BCUT2D eigenvalue weighted by molar-refractivity contribution is 6.05. The molecule has 1 saturated carbocycles. The Morgan fingerprint density at radius 1 is 1.07 bits per heavy atom. The molecule has 5 nitrogen and oxygen atoms in total. The third kappa shape index (κ3) is 3.79. The number of nitrogens with one attached hydrogen (secondary N) is 3. The van der Waals surface area contributed by atoms with E-state index >= 15 is 0 Å². The first kappa shape index (κ1) is 18.4. The van der Waals surface area contributed by atoms with Crippen LogP contribution in [0, 0.1) is 0 Å². The van der Waals surface area contributed by atoms with Gasteiger partial charge in [0.1, 0.15) is 0 Å². The standard InChI is InChI=1S/C24H28N4O/c29-24(16-6-5-13-25-15-16)27-18-11-12-21-20(14-18)19-9-4-10-22(23(19)28-21)26-17-7-2-1-3-8-17/h5-6,11-15,17,22,26,28H,1-4,7-10H2,(H,27,29). The lowest BCUT2D eigenvalue weighted by molar-refractivity contribution is 0.102.